The molecule has 3 heteroatoms. The van der Waals surface area contributed by atoms with E-state index in [1.54, 1.807) is 6.08 Å². The van der Waals surface area contributed by atoms with E-state index in [1.165, 1.54) is 45.2 Å². The molecule has 3 nitrogen and oxygen atoms in total. The van der Waals surface area contributed by atoms with E-state index < -0.39 is 0 Å². The van der Waals surface area contributed by atoms with Crippen molar-refractivity contribution in [3.05, 3.63) is 35.4 Å². The van der Waals surface area contributed by atoms with Gasteiger partial charge in [0.25, 0.3) is 0 Å². The molecule has 21 heavy (non-hydrogen) atoms. The molecule has 0 radical (unpaired) electrons. The van der Waals surface area contributed by atoms with Crippen LogP contribution in [0.1, 0.15) is 45.1 Å². The van der Waals surface area contributed by atoms with Crippen molar-refractivity contribution in [3.63, 3.8) is 0 Å². The molecular formula is C18H23NO2. The van der Waals surface area contributed by atoms with Gasteiger partial charge in [0, 0.05) is 18.8 Å². The molecule has 1 saturated heterocycles. The number of carbonyl (C=O) groups is 2. The summed E-state index contributed by atoms with van der Waals surface area (Å²) in [5.74, 6) is -0.363. The lowest BCUT2D eigenvalue weighted by atomic mass is 10.0. The Morgan fingerprint density at radius 1 is 0.905 bits per heavy atom. The Kier molecular flexibility index (Phi) is 5.32. The minimum Gasteiger partial charge on any atom is -0.372 e. The molecule has 2 rings (SSSR count). The molecule has 0 spiro atoms. The summed E-state index contributed by atoms with van der Waals surface area (Å²) in [5, 5.41) is 0. The second-order valence-electron chi connectivity index (χ2n) is 5.66. The number of benzene rings is 1. The lowest BCUT2D eigenvalue weighted by Crippen LogP contribution is -2.23. The van der Waals surface area contributed by atoms with Gasteiger partial charge in [0.15, 0.2) is 11.6 Å². The number of anilines is 1. The second kappa shape index (κ2) is 7.21. The van der Waals surface area contributed by atoms with Crippen LogP contribution in [0, 0.1) is 0 Å². The number of allylic oxidation sites excluding steroid dienone is 1. The SMILES string of the molecule is CC(=O)C(=Cc1ccc(N2CCCCCC2)cc1)C(C)=O. The van der Waals surface area contributed by atoms with Crippen LogP contribution in [0.15, 0.2) is 29.8 Å². The van der Waals surface area contributed by atoms with Crippen LogP contribution in [-0.2, 0) is 9.59 Å². The van der Waals surface area contributed by atoms with Crippen molar-refractivity contribution in [1.29, 1.82) is 0 Å². The van der Waals surface area contributed by atoms with E-state index in [-0.39, 0.29) is 17.1 Å². The first-order chi connectivity index (χ1) is 10.1. The van der Waals surface area contributed by atoms with Crippen LogP contribution < -0.4 is 4.90 Å². The van der Waals surface area contributed by atoms with Crippen LogP contribution in [0.5, 0.6) is 0 Å². The number of ketones is 2. The van der Waals surface area contributed by atoms with E-state index in [2.05, 4.69) is 17.0 Å². The first kappa shape index (κ1) is 15.5. The maximum atomic E-state index is 11.4. The van der Waals surface area contributed by atoms with Crippen molar-refractivity contribution in [1.82, 2.24) is 0 Å². The first-order valence-corrected chi connectivity index (χ1v) is 7.66. The molecule has 0 amide bonds. The predicted octanol–water partition coefficient (Wildman–Crippen LogP) is 3.63. The highest BCUT2D eigenvalue weighted by Crippen LogP contribution is 2.21. The summed E-state index contributed by atoms with van der Waals surface area (Å²) < 4.78 is 0. The van der Waals surface area contributed by atoms with Gasteiger partial charge in [-0.2, -0.15) is 0 Å². The smallest absolute Gasteiger partial charge is 0.163 e. The fourth-order valence-corrected chi connectivity index (χ4v) is 2.73. The van der Waals surface area contributed by atoms with Crippen molar-refractivity contribution in [2.45, 2.75) is 39.5 Å². The summed E-state index contributed by atoms with van der Waals surface area (Å²) >= 11 is 0. The summed E-state index contributed by atoms with van der Waals surface area (Å²) in [6.07, 6.45) is 6.81. The molecule has 0 aliphatic carbocycles. The third-order valence-corrected chi connectivity index (χ3v) is 3.93. The largest absolute Gasteiger partial charge is 0.372 e. The molecule has 0 atom stereocenters. The van der Waals surface area contributed by atoms with Gasteiger partial charge in [-0.3, -0.25) is 9.59 Å². The quantitative estimate of drug-likeness (QED) is 0.481. The van der Waals surface area contributed by atoms with E-state index in [0.29, 0.717) is 0 Å². The fourth-order valence-electron chi connectivity index (χ4n) is 2.73. The number of hydrogen-bond donors (Lipinski definition) is 0. The van der Waals surface area contributed by atoms with Crippen molar-refractivity contribution in [2.75, 3.05) is 18.0 Å². The summed E-state index contributed by atoms with van der Waals surface area (Å²) in [4.78, 5) is 25.3. The predicted molar refractivity (Wildman–Crippen MR) is 86.5 cm³/mol. The van der Waals surface area contributed by atoms with Crippen LogP contribution >= 0.6 is 0 Å². The average Bonchev–Trinajstić information content (AvgIpc) is 2.73. The molecular weight excluding hydrogens is 262 g/mol. The van der Waals surface area contributed by atoms with Gasteiger partial charge in [0.05, 0.1) is 5.57 Å². The highest BCUT2D eigenvalue weighted by Gasteiger charge is 2.11. The normalized spacial score (nSPS) is 15.2. The molecule has 1 aromatic rings. The average molecular weight is 285 g/mol. The van der Waals surface area contributed by atoms with Crippen LogP contribution in [0.25, 0.3) is 6.08 Å². The lowest BCUT2D eigenvalue weighted by molar-refractivity contribution is -0.119. The molecule has 1 fully saturated rings. The number of hydrogen-bond acceptors (Lipinski definition) is 3. The van der Waals surface area contributed by atoms with Crippen LogP contribution in [-0.4, -0.2) is 24.7 Å². The molecule has 0 bridgehead atoms. The lowest BCUT2D eigenvalue weighted by Gasteiger charge is -2.22. The topological polar surface area (TPSA) is 37.4 Å². The number of nitrogens with zero attached hydrogens (tertiary/aromatic N) is 1. The van der Waals surface area contributed by atoms with Crippen LogP contribution in [0.2, 0.25) is 0 Å². The molecule has 0 N–H and O–H groups in total. The van der Waals surface area contributed by atoms with E-state index in [4.69, 9.17) is 0 Å². The third-order valence-electron chi connectivity index (χ3n) is 3.93. The van der Waals surface area contributed by atoms with Gasteiger partial charge in [-0.05, 0) is 50.5 Å². The maximum Gasteiger partial charge on any atom is 0.163 e. The molecule has 1 aromatic carbocycles. The number of Topliss-reactive ketones (excluding diaryl/α,β-unsaturated/α-hetero) is 2. The molecule has 1 aliphatic rings. The Labute approximate surface area is 126 Å². The van der Waals surface area contributed by atoms with Crippen molar-refractivity contribution in [3.8, 4) is 0 Å². The minimum absolute atomic E-state index is 0.181. The van der Waals surface area contributed by atoms with Gasteiger partial charge in [-0.25, -0.2) is 0 Å². The Morgan fingerprint density at radius 2 is 1.43 bits per heavy atom. The van der Waals surface area contributed by atoms with Crippen molar-refractivity contribution < 1.29 is 9.59 Å². The first-order valence-electron chi connectivity index (χ1n) is 7.66. The zero-order valence-corrected chi connectivity index (χ0v) is 12.9. The zero-order chi connectivity index (χ0) is 15.2. The van der Waals surface area contributed by atoms with Gasteiger partial charge in [0.2, 0.25) is 0 Å². The molecule has 1 aliphatic heterocycles. The summed E-state index contributed by atoms with van der Waals surface area (Å²) in [5.41, 5.74) is 2.38. The number of carbonyl (C=O) groups excluding carboxylic acids is 2. The molecule has 112 valence electrons. The third kappa shape index (κ3) is 4.28. The fraction of sp³-hybridized carbons (Fsp3) is 0.444. The summed E-state index contributed by atoms with van der Waals surface area (Å²) in [6.45, 7) is 5.08. The van der Waals surface area contributed by atoms with Crippen LogP contribution in [0.3, 0.4) is 0 Å². The van der Waals surface area contributed by atoms with Gasteiger partial charge in [0.1, 0.15) is 0 Å². The Morgan fingerprint density at radius 3 is 1.90 bits per heavy atom. The molecule has 1 heterocycles. The highest BCUT2D eigenvalue weighted by molar-refractivity contribution is 6.21. The monoisotopic (exact) mass is 285 g/mol. The second-order valence-corrected chi connectivity index (χ2v) is 5.66. The zero-order valence-electron chi connectivity index (χ0n) is 12.9. The van der Waals surface area contributed by atoms with Crippen molar-refractivity contribution in [2.24, 2.45) is 0 Å². The maximum absolute atomic E-state index is 11.4. The van der Waals surface area contributed by atoms with Gasteiger partial charge >= 0.3 is 0 Å². The standard InChI is InChI=1S/C18H23NO2/c1-14(20)18(15(2)21)13-16-7-9-17(10-8-16)19-11-5-3-4-6-12-19/h7-10,13H,3-6,11-12H2,1-2H3. The van der Waals surface area contributed by atoms with E-state index in [1.807, 2.05) is 12.1 Å². The van der Waals surface area contributed by atoms with Gasteiger partial charge < -0.3 is 4.90 Å². The molecule has 0 aromatic heterocycles. The summed E-state index contributed by atoms with van der Waals surface area (Å²) in [7, 11) is 0. The summed E-state index contributed by atoms with van der Waals surface area (Å²) in [6, 6.07) is 8.11. The Balaban J connectivity index is 2.16. The van der Waals surface area contributed by atoms with Crippen LogP contribution in [0.4, 0.5) is 5.69 Å². The Hall–Kier alpha value is -1.90. The van der Waals surface area contributed by atoms with Crippen molar-refractivity contribution >= 4 is 23.3 Å². The minimum atomic E-state index is -0.181. The Bertz CT molecular complexity index is 519. The van der Waals surface area contributed by atoms with Gasteiger partial charge in [-0.15, -0.1) is 0 Å². The van der Waals surface area contributed by atoms with E-state index in [0.717, 1.165) is 18.7 Å². The van der Waals surface area contributed by atoms with E-state index >= 15 is 0 Å². The van der Waals surface area contributed by atoms with E-state index in [9.17, 15) is 9.59 Å². The highest BCUT2D eigenvalue weighted by atomic mass is 16.1. The van der Waals surface area contributed by atoms with Gasteiger partial charge in [-0.1, -0.05) is 25.0 Å². The number of rotatable bonds is 4. The molecule has 0 saturated carbocycles. The molecule has 0 unspecified atom stereocenters.